The van der Waals surface area contributed by atoms with Crippen molar-refractivity contribution in [2.45, 2.75) is 44.2 Å². The average Bonchev–Trinajstić information content (AvgIpc) is 2.95. The van der Waals surface area contributed by atoms with Gasteiger partial charge in [-0.15, -0.1) is 0 Å². The number of hydrogen-bond donors (Lipinski definition) is 1. The van der Waals surface area contributed by atoms with Crippen molar-refractivity contribution in [1.29, 1.82) is 0 Å². The van der Waals surface area contributed by atoms with E-state index in [-0.39, 0.29) is 11.6 Å². The Morgan fingerprint density at radius 2 is 2.35 bits per heavy atom. The van der Waals surface area contributed by atoms with Gasteiger partial charge in [-0.1, -0.05) is 0 Å². The van der Waals surface area contributed by atoms with E-state index < -0.39 is 0 Å². The molecule has 0 spiro atoms. The van der Waals surface area contributed by atoms with Crippen LogP contribution in [-0.2, 0) is 18.2 Å². The number of ether oxygens (including phenoxy) is 1. The largest absolute Gasteiger partial charge is 0.376 e. The van der Waals surface area contributed by atoms with E-state index in [2.05, 4.69) is 11.2 Å². The van der Waals surface area contributed by atoms with Crippen LogP contribution in [-0.4, -0.2) is 28.0 Å². The number of rotatable bonds is 3. The molecule has 0 aromatic carbocycles. The standard InChI is InChI=1S/C13H21N3O/c1-9-7-11(16(2)15-9)8-13(14)5-6-17-12(13)10-3-4-10/h7,10,12H,3-6,8,14H2,1-2H3. The summed E-state index contributed by atoms with van der Waals surface area (Å²) in [4.78, 5) is 0. The van der Waals surface area contributed by atoms with Crippen LogP contribution in [0.15, 0.2) is 6.07 Å². The van der Waals surface area contributed by atoms with E-state index in [4.69, 9.17) is 10.5 Å². The molecule has 1 aliphatic heterocycles. The molecule has 1 saturated heterocycles. The van der Waals surface area contributed by atoms with Gasteiger partial charge >= 0.3 is 0 Å². The minimum atomic E-state index is -0.179. The summed E-state index contributed by atoms with van der Waals surface area (Å²) in [7, 11) is 1.99. The van der Waals surface area contributed by atoms with E-state index in [1.165, 1.54) is 18.5 Å². The fourth-order valence-corrected chi connectivity index (χ4v) is 3.04. The summed E-state index contributed by atoms with van der Waals surface area (Å²) < 4.78 is 7.81. The molecular weight excluding hydrogens is 214 g/mol. The highest BCUT2D eigenvalue weighted by Gasteiger charge is 2.48. The van der Waals surface area contributed by atoms with E-state index in [0.29, 0.717) is 5.92 Å². The Morgan fingerprint density at radius 3 is 2.94 bits per heavy atom. The molecule has 0 bridgehead atoms. The molecule has 2 unspecified atom stereocenters. The van der Waals surface area contributed by atoms with Crippen LogP contribution in [0.5, 0.6) is 0 Å². The lowest BCUT2D eigenvalue weighted by Crippen LogP contribution is -2.50. The van der Waals surface area contributed by atoms with Gasteiger partial charge in [0, 0.05) is 25.8 Å². The number of aromatic nitrogens is 2. The highest BCUT2D eigenvalue weighted by atomic mass is 16.5. The molecular formula is C13H21N3O. The van der Waals surface area contributed by atoms with E-state index >= 15 is 0 Å². The molecule has 2 N–H and O–H groups in total. The number of hydrogen-bond acceptors (Lipinski definition) is 3. The molecule has 1 aliphatic carbocycles. The Kier molecular flexibility index (Phi) is 2.52. The SMILES string of the molecule is Cc1cc(CC2(N)CCOC2C2CC2)n(C)n1. The summed E-state index contributed by atoms with van der Waals surface area (Å²) >= 11 is 0. The Bertz CT molecular complexity index is 424. The fraction of sp³-hybridized carbons (Fsp3) is 0.769. The minimum Gasteiger partial charge on any atom is -0.376 e. The molecule has 0 amide bonds. The molecule has 3 rings (SSSR count). The highest BCUT2D eigenvalue weighted by Crippen LogP contribution is 2.43. The predicted octanol–water partition coefficient (Wildman–Crippen LogP) is 1.17. The van der Waals surface area contributed by atoms with Gasteiger partial charge in [-0.25, -0.2) is 0 Å². The lowest BCUT2D eigenvalue weighted by Gasteiger charge is -2.30. The van der Waals surface area contributed by atoms with Crippen molar-refractivity contribution in [2.75, 3.05) is 6.61 Å². The van der Waals surface area contributed by atoms with E-state index in [1.54, 1.807) is 0 Å². The quantitative estimate of drug-likeness (QED) is 0.855. The summed E-state index contributed by atoms with van der Waals surface area (Å²) in [6.07, 6.45) is 4.68. The topological polar surface area (TPSA) is 53.1 Å². The van der Waals surface area contributed by atoms with Gasteiger partial charge < -0.3 is 10.5 Å². The minimum absolute atomic E-state index is 0.179. The van der Waals surface area contributed by atoms with Crippen LogP contribution in [0.2, 0.25) is 0 Å². The van der Waals surface area contributed by atoms with E-state index in [0.717, 1.165) is 25.1 Å². The third kappa shape index (κ3) is 2.00. The maximum atomic E-state index is 6.59. The third-order valence-corrected chi connectivity index (χ3v) is 4.09. The van der Waals surface area contributed by atoms with Gasteiger partial charge in [0.05, 0.1) is 17.3 Å². The van der Waals surface area contributed by atoms with Gasteiger partial charge in [0.25, 0.3) is 0 Å². The summed E-state index contributed by atoms with van der Waals surface area (Å²) in [5.74, 6) is 0.705. The lowest BCUT2D eigenvalue weighted by atomic mass is 9.85. The van der Waals surface area contributed by atoms with Crippen LogP contribution in [0.25, 0.3) is 0 Å². The molecule has 0 radical (unpaired) electrons. The first-order valence-electron chi connectivity index (χ1n) is 6.48. The van der Waals surface area contributed by atoms with Gasteiger partial charge in [-0.2, -0.15) is 5.10 Å². The molecule has 2 atom stereocenters. The van der Waals surface area contributed by atoms with Gasteiger partial charge in [0.1, 0.15) is 0 Å². The highest BCUT2D eigenvalue weighted by molar-refractivity contribution is 5.16. The zero-order valence-electron chi connectivity index (χ0n) is 10.6. The molecule has 1 aromatic heterocycles. The van der Waals surface area contributed by atoms with Crippen LogP contribution >= 0.6 is 0 Å². The molecule has 4 heteroatoms. The van der Waals surface area contributed by atoms with Crippen LogP contribution in [0.4, 0.5) is 0 Å². The molecule has 94 valence electrons. The van der Waals surface area contributed by atoms with E-state index in [1.807, 2.05) is 18.7 Å². The van der Waals surface area contributed by atoms with Gasteiger partial charge in [0.2, 0.25) is 0 Å². The first-order valence-corrected chi connectivity index (χ1v) is 6.48. The second kappa shape index (κ2) is 3.82. The van der Waals surface area contributed by atoms with E-state index in [9.17, 15) is 0 Å². The summed E-state index contributed by atoms with van der Waals surface area (Å²) in [6, 6.07) is 2.14. The van der Waals surface area contributed by atoms with Crippen LogP contribution in [0.3, 0.4) is 0 Å². The molecule has 1 aromatic rings. The molecule has 1 saturated carbocycles. The summed E-state index contributed by atoms with van der Waals surface area (Å²) in [5.41, 5.74) is 8.70. The van der Waals surface area contributed by atoms with Crippen LogP contribution in [0.1, 0.15) is 30.7 Å². The van der Waals surface area contributed by atoms with Crippen molar-refractivity contribution in [3.8, 4) is 0 Å². The van der Waals surface area contributed by atoms with Crippen molar-refractivity contribution < 1.29 is 4.74 Å². The third-order valence-electron chi connectivity index (χ3n) is 4.09. The van der Waals surface area contributed by atoms with Gasteiger partial charge in [-0.05, 0) is 38.2 Å². The van der Waals surface area contributed by atoms with Crippen molar-refractivity contribution in [3.63, 3.8) is 0 Å². The zero-order valence-corrected chi connectivity index (χ0v) is 10.6. The van der Waals surface area contributed by atoms with Crippen molar-refractivity contribution in [3.05, 3.63) is 17.5 Å². The maximum absolute atomic E-state index is 6.59. The van der Waals surface area contributed by atoms with Crippen molar-refractivity contribution >= 4 is 0 Å². The molecule has 4 nitrogen and oxygen atoms in total. The summed E-state index contributed by atoms with van der Waals surface area (Å²) in [5, 5.41) is 4.39. The van der Waals surface area contributed by atoms with Crippen LogP contribution in [0, 0.1) is 12.8 Å². The molecule has 2 heterocycles. The van der Waals surface area contributed by atoms with Crippen molar-refractivity contribution in [2.24, 2.45) is 18.7 Å². The second-order valence-corrected chi connectivity index (χ2v) is 5.69. The first kappa shape index (κ1) is 11.2. The predicted molar refractivity (Wildman–Crippen MR) is 65.6 cm³/mol. The Balaban J connectivity index is 1.80. The average molecular weight is 235 g/mol. The number of nitrogens with two attached hydrogens (primary N) is 1. The lowest BCUT2D eigenvalue weighted by molar-refractivity contribution is 0.0622. The second-order valence-electron chi connectivity index (χ2n) is 5.69. The van der Waals surface area contributed by atoms with Crippen molar-refractivity contribution in [1.82, 2.24) is 9.78 Å². The normalized spacial score (nSPS) is 33.2. The number of nitrogens with zero attached hydrogens (tertiary/aromatic N) is 2. The van der Waals surface area contributed by atoms with Gasteiger partial charge in [0.15, 0.2) is 0 Å². The molecule has 2 aliphatic rings. The Morgan fingerprint density at radius 1 is 1.59 bits per heavy atom. The zero-order chi connectivity index (χ0) is 12.0. The first-order chi connectivity index (χ1) is 8.08. The Labute approximate surface area is 102 Å². The Hall–Kier alpha value is -0.870. The van der Waals surface area contributed by atoms with Gasteiger partial charge in [-0.3, -0.25) is 4.68 Å². The molecule has 2 fully saturated rings. The fourth-order valence-electron chi connectivity index (χ4n) is 3.04. The molecule has 17 heavy (non-hydrogen) atoms. The number of aryl methyl sites for hydroxylation is 2. The summed E-state index contributed by atoms with van der Waals surface area (Å²) in [6.45, 7) is 2.84. The maximum Gasteiger partial charge on any atom is 0.0787 e. The van der Waals surface area contributed by atoms with Crippen LogP contribution < -0.4 is 5.73 Å². The monoisotopic (exact) mass is 235 g/mol. The smallest absolute Gasteiger partial charge is 0.0787 e.